The molecule has 0 aliphatic rings. The minimum Gasteiger partial charge on any atom is -0.491 e. The third-order valence-electron chi connectivity index (χ3n) is 4.11. The zero-order valence-corrected chi connectivity index (χ0v) is 17.6. The van der Waals surface area contributed by atoms with Gasteiger partial charge in [-0.25, -0.2) is 4.68 Å². The van der Waals surface area contributed by atoms with E-state index in [0.29, 0.717) is 11.0 Å². The van der Waals surface area contributed by atoms with Crippen molar-refractivity contribution in [3.05, 3.63) is 54.1 Å². The first kappa shape index (κ1) is 20.7. The molecule has 3 rings (SSSR count). The van der Waals surface area contributed by atoms with Crippen LogP contribution in [0.5, 0.6) is 5.75 Å². The predicted molar refractivity (Wildman–Crippen MR) is 117 cm³/mol. The smallest absolute Gasteiger partial charge is 0.234 e. The molecule has 0 saturated carbocycles. The highest BCUT2D eigenvalue weighted by Gasteiger charge is 2.14. The summed E-state index contributed by atoms with van der Waals surface area (Å²) in [6.45, 7) is 6.03. The van der Waals surface area contributed by atoms with Gasteiger partial charge in [0.15, 0.2) is 5.82 Å². The number of nitrogens with one attached hydrogen (secondary N) is 1. The van der Waals surface area contributed by atoms with Crippen LogP contribution in [0.2, 0.25) is 0 Å². The Bertz CT molecular complexity index is 969. The number of aromatic nitrogens is 3. The van der Waals surface area contributed by atoms with Gasteiger partial charge in [0.05, 0.1) is 11.9 Å². The van der Waals surface area contributed by atoms with Gasteiger partial charge < -0.3 is 15.9 Å². The molecule has 0 fully saturated rings. The Morgan fingerprint density at radius 1 is 1.21 bits per heavy atom. The summed E-state index contributed by atoms with van der Waals surface area (Å²) in [4.78, 5) is 12.2. The van der Waals surface area contributed by atoms with E-state index in [2.05, 4.69) is 22.4 Å². The number of hydrogen-bond donors (Lipinski definition) is 2. The second-order valence-corrected chi connectivity index (χ2v) is 7.70. The summed E-state index contributed by atoms with van der Waals surface area (Å²) in [5.74, 6) is 7.46. The molecule has 7 nitrogen and oxygen atoms in total. The minimum absolute atomic E-state index is 0.0730. The molecule has 1 heterocycles. The lowest BCUT2D eigenvalue weighted by atomic mass is 10.1. The van der Waals surface area contributed by atoms with E-state index in [1.807, 2.05) is 62.4 Å². The summed E-state index contributed by atoms with van der Waals surface area (Å²) in [6, 6.07) is 15.3. The molecule has 0 aliphatic carbocycles. The Balaban J connectivity index is 1.62. The van der Waals surface area contributed by atoms with Crippen molar-refractivity contribution < 1.29 is 9.53 Å². The Kier molecular flexibility index (Phi) is 6.77. The zero-order chi connectivity index (χ0) is 20.8. The quantitative estimate of drug-likeness (QED) is 0.433. The normalized spacial score (nSPS) is 10.9. The van der Waals surface area contributed by atoms with E-state index in [1.165, 1.54) is 22.0 Å². The molecule has 152 valence electrons. The van der Waals surface area contributed by atoms with Crippen LogP contribution in [0.4, 0.5) is 5.69 Å². The van der Waals surface area contributed by atoms with Crippen LogP contribution in [0.15, 0.2) is 53.7 Å². The van der Waals surface area contributed by atoms with E-state index >= 15 is 0 Å². The summed E-state index contributed by atoms with van der Waals surface area (Å²) in [5.41, 5.74) is 2.79. The molecule has 1 amide bonds. The van der Waals surface area contributed by atoms with Crippen molar-refractivity contribution in [3.8, 4) is 17.1 Å². The van der Waals surface area contributed by atoms with Gasteiger partial charge in [0.25, 0.3) is 0 Å². The molecule has 0 radical (unpaired) electrons. The zero-order valence-electron chi connectivity index (χ0n) is 16.8. The van der Waals surface area contributed by atoms with E-state index < -0.39 is 0 Å². The van der Waals surface area contributed by atoms with Crippen molar-refractivity contribution in [1.82, 2.24) is 14.9 Å². The van der Waals surface area contributed by atoms with Crippen LogP contribution < -0.4 is 15.9 Å². The Hall–Kier alpha value is -3.00. The van der Waals surface area contributed by atoms with E-state index in [9.17, 15) is 4.79 Å². The highest BCUT2D eigenvalue weighted by atomic mass is 32.2. The fraction of sp³-hybridized carbons (Fsp3) is 0.286. The molecular weight excluding hydrogens is 386 g/mol. The molecule has 1 aromatic heterocycles. The number of nitrogens with zero attached hydrogens (tertiary/aromatic N) is 3. The van der Waals surface area contributed by atoms with Crippen molar-refractivity contribution >= 4 is 23.4 Å². The molecule has 8 heteroatoms. The number of carbonyl (C=O) groups excluding carboxylic acids is 1. The van der Waals surface area contributed by atoms with E-state index in [4.69, 9.17) is 10.6 Å². The highest BCUT2D eigenvalue weighted by Crippen LogP contribution is 2.25. The maximum absolute atomic E-state index is 12.2. The molecule has 0 saturated heterocycles. The van der Waals surface area contributed by atoms with Gasteiger partial charge in [0, 0.05) is 11.3 Å². The van der Waals surface area contributed by atoms with Gasteiger partial charge in [-0.1, -0.05) is 43.0 Å². The van der Waals surface area contributed by atoms with Gasteiger partial charge >= 0.3 is 0 Å². The maximum atomic E-state index is 12.2. The summed E-state index contributed by atoms with van der Waals surface area (Å²) in [7, 11) is 0. The van der Waals surface area contributed by atoms with Gasteiger partial charge in [-0.15, -0.1) is 10.2 Å². The number of carbonyl (C=O) groups is 1. The Labute approximate surface area is 174 Å². The Morgan fingerprint density at radius 2 is 1.97 bits per heavy atom. The Morgan fingerprint density at radius 3 is 2.66 bits per heavy atom. The largest absolute Gasteiger partial charge is 0.491 e. The minimum atomic E-state index is -0.129. The van der Waals surface area contributed by atoms with Gasteiger partial charge in [-0.2, -0.15) is 0 Å². The topological polar surface area (TPSA) is 95.1 Å². The number of benzene rings is 2. The van der Waals surface area contributed by atoms with Gasteiger partial charge in [-0.05, 0) is 50.1 Å². The first-order valence-electron chi connectivity index (χ1n) is 9.45. The lowest BCUT2D eigenvalue weighted by Gasteiger charge is -2.10. The number of hydrogen-bond acceptors (Lipinski definition) is 6. The number of ether oxygens (including phenoxy) is 1. The third-order valence-corrected chi connectivity index (χ3v) is 5.05. The number of rotatable bonds is 8. The van der Waals surface area contributed by atoms with E-state index in [0.717, 1.165) is 23.4 Å². The van der Waals surface area contributed by atoms with Crippen LogP contribution in [-0.4, -0.2) is 32.6 Å². The number of aryl methyl sites for hydroxylation is 1. The summed E-state index contributed by atoms with van der Waals surface area (Å²) >= 11 is 1.23. The first-order chi connectivity index (χ1) is 14.0. The molecule has 0 spiro atoms. The SMILES string of the molecule is CCc1ccc(NC(=O)CSc2nnc(-c3cccc(OC(C)C)c3)n2N)cc1. The van der Waals surface area contributed by atoms with Gasteiger partial charge in [-0.3, -0.25) is 4.79 Å². The third kappa shape index (κ3) is 5.51. The average Bonchev–Trinajstić information content (AvgIpc) is 3.07. The predicted octanol–water partition coefficient (Wildman–Crippen LogP) is 3.74. The van der Waals surface area contributed by atoms with Crippen molar-refractivity contribution in [2.75, 3.05) is 16.9 Å². The second kappa shape index (κ2) is 9.47. The van der Waals surface area contributed by atoms with Crippen LogP contribution in [-0.2, 0) is 11.2 Å². The van der Waals surface area contributed by atoms with E-state index in [1.54, 1.807) is 0 Å². The van der Waals surface area contributed by atoms with Gasteiger partial charge in [0.2, 0.25) is 11.1 Å². The van der Waals surface area contributed by atoms with Crippen molar-refractivity contribution in [1.29, 1.82) is 0 Å². The fourth-order valence-corrected chi connectivity index (χ4v) is 3.36. The molecule has 0 atom stereocenters. The van der Waals surface area contributed by atoms with E-state index in [-0.39, 0.29) is 17.8 Å². The first-order valence-corrected chi connectivity index (χ1v) is 10.4. The van der Waals surface area contributed by atoms with Crippen LogP contribution in [0.25, 0.3) is 11.4 Å². The maximum Gasteiger partial charge on any atom is 0.234 e. The lowest BCUT2D eigenvalue weighted by Crippen LogP contribution is -2.16. The molecule has 0 aliphatic heterocycles. The molecule has 3 N–H and O–H groups in total. The number of thioether (sulfide) groups is 1. The monoisotopic (exact) mass is 411 g/mol. The number of anilines is 1. The molecule has 3 aromatic rings. The fourth-order valence-electron chi connectivity index (χ4n) is 2.70. The van der Waals surface area contributed by atoms with Crippen LogP contribution >= 0.6 is 11.8 Å². The standard InChI is InChI=1S/C21H25N5O2S/c1-4-15-8-10-17(11-9-15)23-19(27)13-29-21-25-24-20(26(21)22)16-6-5-7-18(12-16)28-14(2)3/h5-12,14H,4,13,22H2,1-3H3,(H,23,27). The highest BCUT2D eigenvalue weighted by molar-refractivity contribution is 7.99. The number of nitrogens with two attached hydrogens (primary N) is 1. The lowest BCUT2D eigenvalue weighted by molar-refractivity contribution is -0.113. The molecule has 0 unspecified atom stereocenters. The molecule has 29 heavy (non-hydrogen) atoms. The summed E-state index contributed by atoms with van der Waals surface area (Å²) in [5, 5.41) is 11.6. The van der Waals surface area contributed by atoms with Crippen LogP contribution in [0, 0.1) is 0 Å². The molecule has 0 bridgehead atoms. The number of amides is 1. The average molecular weight is 412 g/mol. The number of nitrogen functional groups attached to an aromatic ring is 1. The van der Waals surface area contributed by atoms with Crippen LogP contribution in [0.3, 0.4) is 0 Å². The molecule has 2 aromatic carbocycles. The van der Waals surface area contributed by atoms with Gasteiger partial charge in [0.1, 0.15) is 5.75 Å². The second-order valence-electron chi connectivity index (χ2n) is 6.76. The van der Waals surface area contributed by atoms with Crippen molar-refractivity contribution in [2.45, 2.75) is 38.5 Å². The molecular formula is C21H25N5O2S. The van der Waals surface area contributed by atoms with Crippen molar-refractivity contribution in [3.63, 3.8) is 0 Å². The summed E-state index contributed by atoms with van der Waals surface area (Å²) < 4.78 is 7.11. The van der Waals surface area contributed by atoms with Crippen LogP contribution in [0.1, 0.15) is 26.3 Å². The summed E-state index contributed by atoms with van der Waals surface area (Å²) in [6.07, 6.45) is 1.04. The van der Waals surface area contributed by atoms with Crippen molar-refractivity contribution in [2.24, 2.45) is 0 Å².